The average molecular weight is 433 g/mol. The van der Waals surface area contributed by atoms with Crippen LogP contribution in [0.2, 0.25) is 5.02 Å². The van der Waals surface area contributed by atoms with Crippen LogP contribution in [0.25, 0.3) is 0 Å². The van der Waals surface area contributed by atoms with Crippen molar-refractivity contribution in [1.82, 2.24) is 4.90 Å². The van der Waals surface area contributed by atoms with Gasteiger partial charge in [-0.1, -0.05) is 46.3 Å². The van der Waals surface area contributed by atoms with Crippen molar-refractivity contribution in [2.75, 3.05) is 6.54 Å². The van der Waals surface area contributed by atoms with Gasteiger partial charge in [0.1, 0.15) is 22.7 Å². The molecular formula is C22H25ClN2O3S. The summed E-state index contributed by atoms with van der Waals surface area (Å²) in [5.41, 5.74) is 3.91. The van der Waals surface area contributed by atoms with Crippen LogP contribution >= 0.6 is 11.6 Å². The maximum absolute atomic E-state index is 12.2. The van der Waals surface area contributed by atoms with Crippen LogP contribution in [0.4, 0.5) is 0 Å². The fourth-order valence-electron chi connectivity index (χ4n) is 3.03. The van der Waals surface area contributed by atoms with E-state index in [4.69, 9.17) is 16.3 Å². The SMILES string of the molecule is CC(C)(C)[S+]([O-])N=Cc1cc(Cl)cc2c1CN(CC(=O)OCc1ccccc1)C2. The van der Waals surface area contributed by atoms with Gasteiger partial charge >= 0.3 is 5.97 Å². The predicted molar refractivity (Wildman–Crippen MR) is 117 cm³/mol. The molecule has 0 aromatic heterocycles. The first kappa shape index (κ1) is 21.8. The maximum Gasteiger partial charge on any atom is 0.320 e. The molecule has 7 heteroatoms. The zero-order chi connectivity index (χ0) is 21.0. The third-order valence-corrected chi connectivity index (χ3v) is 6.09. The Hall–Kier alpha value is -1.86. The Balaban J connectivity index is 1.63. The van der Waals surface area contributed by atoms with E-state index >= 15 is 0 Å². The molecule has 1 unspecified atom stereocenters. The van der Waals surface area contributed by atoms with E-state index in [1.807, 2.05) is 68.1 Å². The normalized spacial score (nSPS) is 15.5. The smallest absolute Gasteiger partial charge is 0.320 e. The molecule has 0 amide bonds. The third kappa shape index (κ3) is 6.06. The lowest BCUT2D eigenvalue weighted by Gasteiger charge is -2.18. The van der Waals surface area contributed by atoms with Crippen LogP contribution in [0, 0.1) is 0 Å². The Labute approximate surface area is 180 Å². The van der Waals surface area contributed by atoms with E-state index in [1.54, 1.807) is 6.21 Å². The number of nitrogens with zero attached hydrogens (tertiary/aromatic N) is 2. The monoisotopic (exact) mass is 432 g/mol. The van der Waals surface area contributed by atoms with Crippen LogP contribution in [0.1, 0.15) is 43.0 Å². The zero-order valence-electron chi connectivity index (χ0n) is 16.9. The number of carbonyl (C=O) groups excluding carboxylic acids is 1. The van der Waals surface area contributed by atoms with Crippen molar-refractivity contribution in [2.45, 2.75) is 45.2 Å². The second kappa shape index (κ2) is 9.30. The van der Waals surface area contributed by atoms with Gasteiger partial charge in [-0.3, -0.25) is 9.69 Å². The number of ether oxygens (including phenoxy) is 1. The lowest BCUT2D eigenvalue weighted by Crippen LogP contribution is -2.26. The van der Waals surface area contributed by atoms with Crippen LogP contribution in [0.3, 0.4) is 0 Å². The molecule has 0 radical (unpaired) electrons. The Kier molecular flexibility index (Phi) is 7.01. The molecule has 1 atom stereocenters. The molecule has 0 saturated carbocycles. The second-order valence-electron chi connectivity index (χ2n) is 8.02. The summed E-state index contributed by atoms with van der Waals surface area (Å²) >= 11 is 4.92. The van der Waals surface area contributed by atoms with Crippen molar-refractivity contribution in [3.63, 3.8) is 0 Å². The summed E-state index contributed by atoms with van der Waals surface area (Å²) in [6, 6.07) is 13.3. The molecule has 0 N–H and O–H groups in total. The van der Waals surface area contributed by atoms with E-state index in [-0.39, 0.29) is 19.1 Å². The molecule has 2 aromatic rings. The van der Waals surface area contributed by atoms with Gasteiger partial charge in [-0.25, -0.2) is 0 Å². The van der Waals surface area contributed by atoms with Crippen LogP contribution in [-0.2, 0) is 40.6 Å². The summed E-state index contributed by atoms with van der Waals surface area (Å²) < 4.78 is 21.4. The summed E-state index contributed by atoms with van der Waals surface area (Å²) in [7, 11) is 0. The lowest BCUT2D eigenvalue weighted by molar-refractivity contribution is -0.146. The summed E-state index contributed by atoms with van der Waals surface area (Å²) in [5, 5.41) is 0.597. The largest absolute Gasteiger partial charge is 0.591 e. The van der Waals surface area contributed by atoms with Gasteiger partial charge in [-0.2, -0.15) is 0 Å². The number of hydrogen-bond acceptors (Lipinski definition) is 5. The fraction of sp³-hybridized carbons (Fsp3) is 0.364. The first-order valence-corrected chi connectivity index (χ1v) is 10.9. The van der Waals surface area contributed by atoms with Crippen molar-refractivity contribution >= 4 is 35.1 Å². The third-order valence-electron chi connectivity index (χ3n) is 4.52. The molecule has 0 spiro atoms. The van der Waals surface area contributed by atoms with Crippen LogP contribution in [-0.4, -0.2) is 32.9 Å². The number of benzene rings is 2. The minimum atomic E-state index is -1.34. The molecular weight excluding hydrogens is 408 g/mol. The topological polar surface area (TPSA) is 65.0 Å². The molecule has 0 bridgehead atoms. The summed E-state index contributed by atoms with van der Waals surface area (Å²) in [5.74, 6) is -0.267. The molecule has 0 fully saturated rings. The standard InChI is InChI=1S/C22H25ClN2O3S/c1-22(2,3)29(27)24-11-17-9-19(23)10-18-12-25(13-20(17)18)14-21(26)28-15-16-7-5-4-6-8-16/h4-11H,12-15H2,1-3H3. The molecule has 3 rings (SSSR count). The van der Waals surface area contributed by atoms with Gasteiger partial charge in [0.15, 0.2) is 0 Å². The molecule has 1 aliphatic rings. The van der Waals surface area contributed by atoms with Crippen molar-refractivity contribution in [3.8, 4) is 0 Å². The Morgan fingerprint density at radius 1 is 1.28 bits per heavy atom. The molecule has 1 aliphatic heterocycles. The first-order valence-electron chi connectivity index (χ1n) is 9.41. The highest BCUT2D eigenvalue weighted by atomic mass is 35.5. The van der Waals surface area contributed by atoms with E-state index < -0.39 is 16.1 Å². The van der Waals surface area contributed by atoms with Crippen molar-refractivity contribution in [1.29, 1.82) is 0 Å². The Bertz CT molecular complexity index is 897. The van der Waals surface area contributed by atoms with Crippen molar-refractivity contribution in [2.24, 2.45) is 4.40 Å². The summed E-state index contributed by atoms with van der Waals surface area (Å²) in [6.45, 7) is 7.31. The molecule has 29 heavy (non-hydrogen) atoms. The zero-order valence-corrected chi connectivity index (χ0v) is 18.4. The average Bonchev–Trinajstić information content (AvgIpc) is 3.06. The van der Waals surface area contributed by atoms with E-state index in [0.717, 1.165) is 22.3 Å². The maximum atomic E-state index is 12.2. The van der Waals surface area contributed by atoms with Crippen molar-refractivity contribution < 1.29 is 14.1 Å². The fourth-order valence-corrected chi connectivity index (χ4v) is 3.80. The minimum Gasteiger partial charge on any atom is -0.591 e. The van der Waals surface area contributed by atoms with Gasteiger partial charge in [0.2, 0.25) is 0 Å². The summed E-state index contributed by atoms with van der Waals surface area (Å²) in [4.78, 5) is 14.3. The number of esters is 1. The van der Waals surface area contributed by atoms with Crippen LogP contribution in [0.15, 0.2) is 46.9 Å². The van der Waals surface area contributed by atoms with Gasteiger partial charge in [0.25, 0.3) is 0 Å². The summed E-state index contributed by atoms with van der Waals surface area (Å²) in [6.07, 6.45) is 1.63. The highest BCUT2D eigenvalue weighted by Crippen LogP contribution is 2.29. The van der Waals surface area contributed by atoms with Gasteiger partial charge in [0, 0.05) is 23.7 Å². The second-order valence-corrected chi connectivity index (χ2v) is 10.4. The van der Waals surface area contributed by atoms with Crippen molar-refractivity contribution in [3.05, 3.63) is 69.7 Å². The Morgan fingerprint density at radius 3 is 2.69 bits per heavy atom. The molecule has 2 aromatic carbocycles. The van der Waals surface area contributed by atoms with Gasteiger partial charge in [-0.05, 0) is 49.6 Å². The number of fused-ring (bicyclic) bond motifs is 1. The van der Waals surface area contributed by atoms with E-state index in [9.17, 15) is 9.35 Å². The molecule has 154 valence electrons. The number of carbonyl (C=O) groups is 1. The minimum absolute atomic E-state index is 0.198. The molecule has 0 aliphatic carbocycles. The lowest BCUT2D eigenvalue weighted by atomic mass is 10.0. The number of rotatable bonds is 6. The van der Waals surface area contributed by atoms with Gasteiger partial charge in [0.05, 0.1) is 12.8 Å². The number of hydrogen-bond donors (Lipinski definition) is 0. The number of halogens is 1. The molecule has 0 saturated heterocycles. The first-order chi connectivity index (χ1) is 13.7. The van der Waals surface area contributed by atoms with E-state index in [2.05, 4.69) is 4.40 Å². The predicted octanol–water partition coefficient (Wildman–Crippen LogP) is 4.28. The quantitative estimate of drug-likeness (QED) is 0.388. The van der Waals surface area contributed by atoms with Gasteiger partial charge < -0.3 is 9.29 Å². The molecule has 1 heterocycles. The van der Waals surface area contributed by atoms with Crippen LogP contribution in [0.5, 0.6) is 0 Å². The van der Waals surface area contributed by atoms with Gasteiger partial charge in [-0.15, -0.1) is 0 Å². The highest BCUT2D eigenvalue weighted by Gasteiger charge is 2.27. The van der Waals surface area contributed by atoms with E-state index in [0.29, 0.717) is 18.1 Å². The van der Waals surface area contributed by atoms with Crippen LogP contribution < -0.4 is 0 Å². The highest BCUT2D eigenvalue weighted by molar-refractivity contribution is 7.91. The molecule has 5 nitrogen and oxygen atoms in total. The Morgan fingerprint density at radius 2 is 2.00 bits per heavy atom. The van der Waals surface area contributed by atoms with E-state index in [1.165, 1.54) is 0 Å².